The van der Waals surface area contributed by atoms with E-state index in [-0.39, 0.29) is 36.7 Å². The predicted octanol–water partition coefficient (Wildman–Crippen LogP) is 5.99. The van der Waals surface area contributed by atoms with Gasteiger partial charge in [0.25, 0.3) is 5.91 Å². The molecule has 3 aromatic carbocycles. The van der Waals surface area contributed by atoms with Crippen molar-refractivity contribution >= 4 is 5.91 Å². The minimum atomic E-state index is -0.548. The van der Waals surface area contributed by atoms with Gasteiger partial charge in [-0.3, -0.25) is 14.7 Å². The third-order valence-electron chi connectivity index (χ3n) is 8.16. The van der Waals surface area contributed by atoms with Gasteiger partial charge in [-0.1, -0.05) is 85.8 Å². The number of ether oxygens (including phenoxy) is 2. The summed E-state index contributed by atoms with van der Waals surface area (Å²) in [5, 5.41) is 12.5. The van der Waals surface area contributed by atoms with Gasteiger partial charge in [0.2, 0.25) is 0 Å². The van der Waals surface area contributed by atoms with Crippen molar-refractivity contribution in [1.29, 1.82) is 0 Å². The highest BCUT2D eigenvalue weighted by Crippen LogP contribution is 2.42. The van der Waals surface area contributed by atoms with Crippen LogP contribution in [0, 0.1) is 5.92 Å². The highest BCUT2D eigenvalue weighted by Gasteiger charge is 2.39. The molecule has 42 heavy (non-hydrogen) atoms. The number of amides is 1. The Morgan fingerprint density at radius 3 is 2.29 bits per heavy atom. The summed E-state index contributed by atoms with van der Waals surface area (Å²) in [6.07, 6.45) is 2.39. The van der Waals surface area contributed by atoms with Crippen molar-refractivity contribution in [2.75, 3.05) is 13.6 Å². The number of benzene rings is 3. The monoisotopic (exact) mass is 565 g/mol. The van der Waals surface area contributed by atoms with Crippen molar-refractivity contribution in [2.45, 2.75) is 51.5 Å². The van der Waals surface area contributed by atoms with E-state index in [9.17, 15) is 9.90 Å². The standard InChI is InChI=1S/C35H39N3O4/c1-24-32(22-38(3)25(2)28-8-5-4-6-9-28)41-35(42-33(24)29-15-13-27(23-39)14-16-29)30-17-11-26(12-18-30)20-37-34(40)31-10-7-19-36-21-31/h4-19,21,24-25,32-33,35,39H,20,22-23H2,1-3H3,(H,37,40). The molecular formula is C35H39N3O4. The van der Waals surface area contributed by atoms with Crippen LogP contribution in [0.2, 0.25) is 0 Å². The Kier molecular flexibility index (Phi) is 9.77. The third kappa shape index (κ3) is 7.12. The Hall–Kier alpha value is -3.88. The van der Waals surface area contributed by atoms with E-state index >= 15 is 0 Å². The predicted molar refractivity (Wildman–Crippen MR) is 162 cm³/mol. The first-order valence-corrected chi connectivity index (χ1v) is 14.5. The molecule has 2 N–H and O–H groups in total. The number of likely N-dealkylation sites (N-methyl/N-ethyl adjacent to an activating group) is 1. The zero-order valence-electron chi connectivity index (χ0n) is 24.4. The van der Waals surface area contributed by atoms with Crippen molar-refractivity contribution in [2.24, 2.45) is 5.92 Å². The van der Waals surface area contributed by atoms with E-state index in [2.05, 4.69) is 60.4 Å². The SMILES string of the molecule is CC1C(CN(C)C(C)c2ccccc2)OC(c2ccc(CNC(=O)c3cccnc3)cc2)OC1c1ccc(CO)cc1. The molecule has 218 valence electrons. The van der Waals surface area contributed by atoms with Crippen LogP contribution in [-0.4, -0.2) is 40.6 Å². The first-order valence-electron chi connectivity index (χ1n) is 14.5. The summed E-state index contributed by atoms with van der Waals surface area (Å²) in [4.78, 5) is 18.8. The van der Waals surface area contributed by atoms with Gasteiger partial charge in [-0.2, -0.15) is 0 Å². The van der Waals surface area contributed by atoms with Gasteiger partial charge < -0.3 is 19.9 Å². The summed E-state index contributed by atoms with van der Waals surface area (Å²) in [5.41, 5.74) is 5.62. The summed E-state index contributed by atoms with van der Waals surface area (Å²) in [6.45, 7) is 5.55. The molecule has 7 nitrogen and oxygen atoms in total. The molecule has 5 rings (SSSR count). The minimum absolute atomic E-state index is 0.00687. The molecule has 0 spiro atoms. The number of nitrogens with one attached hydrogen (secondary N) is 1. The largest absolute Gasteiger partial charge is 0.392 e. The first kappa shape index (κ1) is 29.6. The molecule has 1 aliphatic rings. The average Bonchev–Trinajstić information content (AvgIpc) is 3.05. The molecule has 0 aliphatic carbocycles. The van der Waals surface area contributed by atoms with Crippen molar-refractivity contribution in [3.63, 3.8) is 0 Å². The maximum Gasteiger partial charge on any atom is 0.253 e. The van der Waals surface area contributed by atoms with Crippen LogP contribution in [0.25, 0.3) is 0 Å². The fourth-order valence-electron chi connectivity index (χ4n) is 5.33. The van der Waals surface area contributed by atoms with Crippen LogP contribution in [-0.2, 0) is 22.6 Å². The van der Waals surface area contributed by atoms with Gasteiger partial charge in [0.1, 0.15) is 0 Å². The molecular weight excluding hydrogens is 526 g/mol. The van der Waals surface area contributed by atoms with Gasteiger partial charge >= 0.3 is 0 Å². The lowest BCUT2D eigenvalue weighted by molar-refractivity contribution is -0.276. The summed E-state index contributed by atoms with van der Waals surface area (Å²) in [6, 6.07) is 30.2. The number of rotatable bonds is 10. The van der Waals surface area contributed by atoms with Crippen molar-refractivity contribution in [1.82, 2.24) is 15.2 Å². The Morgan fingerprint density at radius 2 is 1.62 bits per heavy atom. The van der Waals surface area contributed by atoms with Gasteiger partial charge in [-0.25, -0.2) is 0 Å². The van der Waals surface area contributed by atoms with E-state index in [0.717, 1.165) is 28.8 Å². The number of aliphatic hydroxyl groups is 1. The number of hydrogen-bond acceptors (Lipinski definition) is 6. The number of nitrogens with zero attached hydrogens (tertiary/aromatic N) is 2. The molecule has 1 aliphatic heterocycles. The molecule has 1 saturated heterocycles. The molecule has 7 heteroatoms. The van der Waals surface area contributed by atoms with Crippen molar-refractivity contribution < 1.29 is 19.4 Å². The zero-order valence-corrected chi connectivity index (χ0v) is 24.4. The molecule has 1 aromatic heterocycles. The molecule has 0 saturated carbocycles. The smallest absolute Gasteiger partial charge is 0.253 e. The Bertz CT molecular complexity index is 1410. The fraction of sp³-hybridized carbons (Fsp3) is 0.314. The van der Waals surface area contributed by atoms with E-state index in [1.807, 2.05) is 54.6 Å². The molecule has 1 fully saturated rings. The number of pyridine rings is 1. The quantitative estimate of drug-likeness (QED) is 0.246. The molecule has 5 unspecified atom stereocenters. The molecule has 1 amide bonds. The Balaban J connectivity index is 1.32. The Morgan fingerprint density at radius 1 is 0.929 bits per heavy atom. The first-order chi connectivity index (χ1) is 20.4. The van der Waals surface area contributed by atoms with E-state index in [0.29, 0.717) is 12.1 Å². The second-order valence-corrected chi connectivity index (χ2v) is 11.0. The maximum absolute atomic E-state index is 12.4. The van der Waals surface area contributed by atoms with Crippen LogP contribution in [0.1, 0.15) is 70.5 Å². The normalized spacial score (nSPS) is 21.2. The second-order valence-electron chi connectivity index (χ2n) is 11.0. The summed E-state index contributed by atoms with van der Waals surface area (Å²) in [5.74, 6) is -0.0690. The lowest BCUT2D eigenvalue weighted by Gasteiger charge is -2.43. The molecule has 4 aromatic rings. The van der Waals surface area contributed by atoms with Crippen molar-refractivity contribution in [3.8, 4) is 0 Å². The highest BCUT2D eigenvalue weighted by atomic mass is 16.7. The van der Waals surface area contributed by atoms with Crippen LogP contribution in [0.3, 0.4) is 0 Å². The van der Waals surface area contributed by atoms with E-state index < -0.39 is 6.29 Å². The lowest BCUT2D eigenvalue weighted by atomic mass is 9.89. The molecule has 0 radical (unpaired) electrons. The topological polar surface area (TPSA) is 83.9 Å². The Labute approximate surface area is 248 Å². The second kappa shape index (κ2) is 13.9. The lowest BCUT2D eigenvalue weighted by Crippen LogP contribution is -2.44. The maximum atomic E-state index is 12.4. The fourth-order valence-corrected chi connectivity index (χ4v) is 5.33. The number of aliphatic hydroxyl groups excluding tert-OH is 1. The summed E-state index contributed by atoms with van der Waals surface area (Å²) >= 11 is 0. The summed E-state index contributed by atoms with van der Waals surface area (Å²) in [7, 11) is 2.14. The molecule has 0 bridgehead atoms. The van der Waals surface area contributed by atoms with E-state index in [4.69, 9.17) is 9.47 Å². The number of aromatic nitrogens is 1. The molecule has 5 atom stereocenters. The van der Waals surface area contributed by atoms with Gasteiger partial charge in [-0.05, 0) is 48.4 Å². The average molecular weight is 566 g/mol. The zero-order chi connectivity index (χ0) is 29.5. The number of carbonyl (C=O) groups is 1. The van der Waals surface area contributed by atoms with Gasteiger partial charge in [0, 0.05) is 43.0 Å². The van der Waals surface area contributed by atoms with Crippen LogP contribution < -0.4 is 5.32 Å². The third-order valence-corrected chi connectivity index (χ3v) is 8.16. The number of carbonyl (C=O) groups excluding carboxylic acids is 1. The highest BCUT2D eigenvalue weighted by molar-refractivity contribution is 5.93. The van der Waals surface area contributed by atoms with Gasteiger partial charge in [0.15, 0.2) is 6.29 Å². The van der Waals surface area contributed by atoms with Gasteiger partial charge in [0.05, 0.1) is 24.4 Å². The van der Waals surface area contributed by atoms with E-state index in [1.54, 1.807) is 24.5 Å². The van der Waals surface area contributed by atoms with Crippen molar-refractivity contribution in [3.05, 3.63) is 137 Å². The van der Waals surface area contributed by atoms with Crippen LogP contribution >= 0.6 is 0 Å². The van der Waals surface area contributed by atoms with Crippen LogP contribution in [0.5, 0.6) is 0 Å². The summed E-state index contributed by atoms with van der Waals surface area (Å²) < 4.78 is 13.3. The van der Waals surface area contributed by atoms with Gasteiger partial charge in [-0.15, -0.1) is 0 Å². The number of hydrogen-bond donors (Lipinski definition) is 2. The van der Waals surface area contributed by atoms with Crippen LogP contribution in [0.15, 0.2) is 103 Å². The van der Waals surface area contributed by atoms with E-state index in [1.165, 1.54) is 5.56 Å². The van der Waals surface area contributed by atoms with Crippen LogP contribution in [0.4, 0.5) is 0 Å². The minimum Gasteiger partial charge on any atom is -0.392 e. The molecule has 2 heterocycles.